The van der Waals surface area contributed by atoms with Crippen LogP contribution in [0.4, 0.5) is 4.79 Å². The second kappa shape index (κ2) is 4.44. The van der Waals surface area contributed by atoms with Crippen molar-refractivity contribution in [2.75, 3.05) is 13.1 Å². The molecular weight excluding hydrogens is 234 g/mol. The number of hydrogen-bond donors (Lipinski definition) is 1. The maximum atomic E-state index is 12.0. The molecule has 0 aromatic heterocycles. The molecule has 1 amide bonds. The molecule has 0 radical (unpaired) electrons. The highest BCUT2D eigenvalue weighted by Crippen LogP contribution is 2.42. The van der Waals surface area contributed by atoms with E-state index in [9.17, 15) is 14.7 Å². The van der Waals surface area contributed by atoms with E-state index in [-0.39, 0.29) is 23.8 Å². The van der Waals surface area contributed by atoms with E-state index in [1.807, 2.05) is 20.8 Å². The van der Waals surface area contributed by atoms with Gasteiger partial charge < -0.3 is 14.7 Å². The molecule has 1 unspecified atom stereocenters. The third kappa shape index (κ3) is 2.60. The van der Waals surface area contributed by atoms with Gasteiger partial charge in [0.1, 0.15) is 5.60 Å². The molecule has 18 heavy (non-hydrogen) atoms. The first-order valence-corrected chi connectivity index (χ1v) is 6.48. The van der Waals surface area contributed by atoms with Crippen LogP contribution in [-0.4, -0.2) is 40.8 Å². The predicted molar refractivity (Wildman–Crippen MR) is 65.1 cm³/mol. The Bertz CT molecular complexity index is 346. The minimum absolute atomic E-state index is 0.0915. The zero-order valence-electron chi connectivity index (χ0n) is 11.2. The molecule has 1 saturated heterocycles. The predicted octanol–water partition coefficient (Wildman–Crippen LogP) is 1.96. The number of ether oxygens (including phenoxy) is 1. The fraction of sp³-hybridized carbons (Fsp3) is 0.846. The van der Waals surface area contributed by atoms with E-state index in [2.05, 4.69) is 0 Å². The van der Waals surface area contributed by atoms with E-state index in [0.29, 0.717) is 13.1 Å². The number of likely N-dealkylation sites (tertiary alicyclic amines) is 1. The molecule has 1 aliphatic heterocycles. The lowest BCUT2D eigenvalue weighted by Gasteiger charge is -2.36. The normalized spacial score (nSPS) is 31.3. The number of rotatable bonds is 1. The van der Waals surface area contributed by atoms with Crippen LogP contribution in [0.1, 0.15) is 33.6 Å². The van der Waals surface area contributed by atoms with Crippen LogP contribution in [0, 0.1) is 17.8 Å². The minimum atomic E-state index is -0.716. The first-order chi connectivity index (χ1) is 8.28. The molecular formula is C13H21NO4. The average molecular weight is 255 g/mol. The lowest BCUT2D eigenvalue weighted by molar-refractivity contribution is -0.146. The lowest BCUT2D eigenvalue weighted by Crippen LogP contribution is -2.48. The molecule has 2 rings (SSSR count). The van der Waals surface area contributed by atoms with Crippen molar-refractivity contribution in [3.05, 3.63) is 0 Å². The Balaban J connectivity index is 2.00. The molecule has 0 aromatic carbocycles. The number of fused-ring (bicyclic) bond motifs is 2. The second-order valence-electron chi connectivity index (χ2n) is 6.35. The van der Waals surface area contributed by atoms with Gasteiger partial charge >= 0.3 is 12.1 Å². The van der Waals surface area contributed by atoms with Gasteiger partial charge in [0.15, 0.2) is 0 Å². The van der Waals surface area contributed by atoms with Gasteiger partial charge in [-0.05, 0) is 45.4 Å². The number of amides is 1. The van der Waals surface area contributed by atoms with Gasteiger partial charge in [-0.25, -0.2) is 4.79 Å². The molecule has 102 valence electrons. The SMILES string of the molecule is CC(C)(C)OC(=O)N1C[C@H]2CC[C@@H](C1)C2C(=O)O. The summed E-state index contributed by atoms with van der Waals surface area (Å²) >= 11 is 0. The highest BCUT2D eigenvalue weighted by Gasteiger charge is 2.47. The third-order valence-electron chi connectivity index (χ3n) is 3.77. The van der Waals surface area contributed by atoms with Gasteiger partial charge in [-0.2, -0.15) is 0 Å². The molecule has 2 bridgehead atoms. The number of carboxylic acid groups (broad SMARTS) is 1. The monoisotopic (exact) mass is 255 g/mol. The molecule has 1 saturated carbocycles. The first-order valence-electron chi connectivity index (χ1n) is 6.48. The fourth-order valence-corrected chi connectivity index (χ4v) is 3.10. The van der Waals surface area contributed by atoms with Gasteiger partial charge in [0.25, 0.3) is 0 Å². The lowest BCUT2D eigenvalue weighted by atomic mass is 9.85. The summed E-state index contributed by atoms with van der Waals surface area (Å²) in [5.74, 6) is -0.808. The Morgan fingerprint density at radius 2 is 1.67 bits per heavy atom. The molecule has 1 N–H and O–H groups in total. The minimum Gasteiger partial charge on any atom is -0.481 e. The Labute approximate surface area is 107 Å². The van der Waals surface area contributed by atoms with Crippen molar-refractivity contribution in [2.45, 2.75) is 39.2 Å². The third-order valence-corrected chi connectivity index (χ3v) is 3.77. The number of carbonyl (C=O) groups excluding carboxylic acids is 1. The quantitative estimate of drug-likeness (QED) is 0.777. The van der Waals surface area contributed by atoms with Crippen molar-refractivity contribution in [1.82, 2.24) is 4.90 Å². The van der Waals surface area contributed by atoms with Crippen molar-refractivity contribution in [2.24, 2.45) is 17.8 Å². The Kier molecular flexibility index (Phi) is 3.25. The van der Waals surface area contributed by atoms with E-state index >= 15 is 0 Å². The highest BCUT2D eigenvalue weighted by atomic mass is 16.6. The average Bonchev–Trinajstić information content (AvgIpc) is 2.47. The number of piperidine rings is 1. The number of aliphatic carboxylic acids is 1. The molecule has 0 aromatic rings. The van der Waals surface area contributed by atoms with Crippen molar-refractivity contribution in [3.63, 3.8) is 0 Å². The van der Waals surface area contributed by atoms with Gasteiger partial charge in [0.2, 0.25) is 0 Å². The summed E-state index contributed by atoms with van der Waals surface area (Å²) in [4.78, 5) is 24.8. The smallest absolute Gasteiger partial charge is 0.410 e. The van der Waals surface area contributed by atoms with Crippen molar-refractivity contribution in [1.29, 1.82) is 0 Å². The van der Waals surface area contributed by atoms with E-state index in [1.165, 1.54) is 0 Å². The van der Waals surface area contributed by atoms with Gasteiger partial charge in [-0.15, -0.1) is 0 Å². The summed E-state index contributed by atoms with van der Waals surface area (Å²) < 4.78 is 5.34. The largest absolute Gasteiger partial charge is 0.481 e. The summed E-state index contributed by atoms with van der Waals surface area (Å²) in [6, 6.07) is 0. The van der Waals surface area contributed by atoms with Crippen molar-refractivity contribution in [3.8, 4) is 0 Å². The van der Waals surface area contributed by atoms with E-state index in [4.69, 9.17) is 4.74 Å². The Morgan fingerprint density at radius 1 is 1.17 bits per heavy atom. The van der Waals surface area contributed by atoms with Crippen LogP contribution < -0.4 is 0 Å². The van der Waals surface area contributed by atoms with Crippen LogP contribution in [0.15, 0.2) is 0 Å². The zero-order valence-corrected chi connectivity index (χ0v) is 11.2. The van der Waals surface area contributed by atoms with E-state index in [1.54, 1.807) is 4.90 Å². The number of carbonyl (C=O) groups is 2. The van der Waals surface area contributed by atoms with Gasteiger partial charge in [0.05, 0.1) is 5.92 Å². The summed E-state index contributed by atoms with van der Waals surface area (Å²) in [7, 11) is 0. The molecule has 2 aliphatic rings. The summed E-state index contributed by atoms with van der Waals surface area (Å²) in [5, 5.41) is 9.20. The summed E-state index contributed by atoms with van der Waals surface area (Å²) in [6.45, 7) is 6.54. The standard InChI is InChI=1S/C13H21NO4/c1-13(2,3)18-12(17)14-6-8-4-5-9(7-14)10(8)11(15)16/h8-10H,4-7H2,1-3H3,(H,15,16)/t8-,9+,10?. The van der Waals surface area contributed by atoms with Crippen molar-refractivity contribution < 1.29 is 19.4 Å². The van der Waals surface area contributed by atoms with Crippen LogP contribution in [0.2, 0.25) is 0 Å². The van der Waals surface area contributed by atoms with Gasteiger partial charge in [-0.3, -0.25) is 4.79 Å². The Morgan fingerprint density at radius 3 is 2.06 bits per heavy atom. The van der Waals surface area contributed by atoms with Gasteiger partial charge in [-0.1, -0.05) is 0 Å². The van der Waals surface area contributed by atoms with Gasteiger partial charge in [0, 0.05) is 13.1 Å². The Hall–Kier alpha value is -1.26. The molecule has 2 fully saturated rings. The first kappa shape index (κ1) is 13.2. The summed E-state index contributed by atoms with van der Waals surface area (Å²) in [6.07, 6.45) is 1.49. The maximum absolute atomic E-state index is 12.0. The van der Waals surface area contributed by atoms with E-state index < -0.39 is 11.6 Å². The molecule has 3 atom stereocenters. The zero-order chi connectivity index (χ0) is 13.5. The van der Waals surface area contributed by atoms with Crippen LogP contribution in [0.5, 0.6) is 0 Å². The maximum Gasteiger partial charge on any atom is 0.410 e. The van der Waals surface area contributed by atoms with Crippen LogP contribution >= 0.6 is 0 Å². The van der Waals surface area contributed by atoms with E-state index in [0.717, 1.165) is 12.8 Å². The molecule has 1 heterocycles. The highest BCUT2D eigenvalue weighted by molar-refractivity contribution is 5.73. The van der Waals surface area contributed by atoms with Crippen LogP contribution in [-0.2, 0) is 9.53 Å². The van der Waals surface area contributed by atoms with Crippen molar-refractivity contribution >= 4 is 12.1 Å². The molecule has 5 nitrogen and oxygen atoms in total. The molecule has 0 spiro atoms. The topological polar surface area (TPSA) is 66.8 Å². The molecule has 1 aliphatic carbocycles. The molecule has 5 heteroatoms. The summed E-state index contributed by atoms with van der Waals surface area (Å²) in [5.41, 5.74) is -0.500. The second-order valence-corrected chi connectivity index (χ2v) is 6.35. The van der Waals surface area contributed by atoms with Crippen LogP contribution in [0.25, 0.3) is 0 Å². The number of nitrogens with zero attached hydrogens (tertiary/aromatic N) is 1. The number of hydrogen-bond acceptors (Lipinski definition) is 3. The fourth-order valence-electron chi connectivity index (χ4n) is 3.10. The number of carboxylic acids is 1. The van der Waals surface area contributed by atoms with Crippen LogP contribution in [0.3, 0.4) is 0 Å².